The zero-order valence-electron chi connectivity index (χ0n) is 10.4. The molecule has 0 heterocycles. The molecule has 0 aliphatic rings. The molecular weight excluding hydrogens is 236 g/mol. The molecule has 0 radical (unpaired) electrons. The second kappa shape index (κ2) is 6.11. The number of hydrogen-bond donors (Lipinski definition) is 1. The van der Waals surface area contributed by atoms with Crippen molar-refractivity contribution in [1.29, 1.82) is 0 Å². The number of carboxylic acids is 1. The van der Waals surface area contributed by atoms with Gasteiger partial charge < -0.3 is 5.11 Å². The number of carboxylic acid groups (broad SMARTS) is 1. The minimum Gasteiger partial charge on any atom is -0.480 e. The van der Waals surface area contributed by atoms with Crippen molar-refractivity contribution >= 4 is 11.7 Å². The van der Waals surface area contributed by atoms with Crippen LogP contribution in [-0.4, -0.2) is 34.0 Å². The van der Waals surface area contributed by atoms with Crippen LogP contribution in [0.1, 0.15) is 18.9 Å². The molecular formula is C12H16N2O4. The number of hydrogen-bond acceptors (Lipinski definition) is 4. The third-order valence-corrected chi connectivity index (χ3v) is 2.78. The lowest BCUT2D eigenvalue weighted by molar-refractivity contribution is -0.384. The molecule has 0 aliphatic carbocycles. The zero-order valence-corrected chi connectivity index (χ0v) is 10.4. The Morgan fingerprint density at radius 1 is 1.44 bits per heavy atom. The summed E-state index contributed by atoms with van der Waals surface area (Å²) in [5.41, 5.74) is 0.884. The molecule has 0 aromatic heterocycles. The first-order valence-corrected chi connectivity index (χ1v) is 5.62. The second-order valence-electron chi connectivity index (χ2n) is 4.10. The summed E-state index contributed by atoms with van der Waals surface area (Å²) in [5.74, 6) is -0.859. The number of nitro benzene ring substituents is 1. The van der Waals surface area contributed by atoms with Crippen LogP contribution in [0.2, 0.25) is 0 Å². The monoisotopic (exact) mass is 252 g/mol. The van der Waals surface area contributed by atoms with Gasteiger partial charge in [0.15, 0.2) is 0 Å². The molecule has 1 atom stereocenters. The molecule has 18 heavy (non-hydrogen) atoms. The molecule has 0 spiro atoms. The number of nitrogens with zero attached hydrogens (tertiary/aromatic N) is 2. The summed E-state index contributed by atoms with van der Waals surface area (Å²) in [6, 6.07) is 5.59. The van der Waals surface area contributed by atoms with E-state index in [2.05, 4.69) is 0 Å². The fourth-order valence-electron chi connectivity index (χ4n) is 1.80. The number of likely N-dealkylation sites (N-methyl/N-ethyl adjacent to an activating group) is 1. The molecule has 0 saturated heterocycles. The van der Waals surface area contributed by atoms with Crippen LogP contribution in [0.5, 0.6) is 0 Å². The molecule has 0 bridgehead atoms. The van der Waals surface area contributed by atoms with Crippen LogP contribution in [0.3, 0.4) is 0 Å². The van der Waals surface area contributed by atoms with E-state index in [-0.39, 0.29) is 5.69 Å². The van der Waals surface area contributed by atoms with Gasteiger partial charge in [0.25, 0.3) is 5.69 Å². The van der Waals surface area contributed by atoms with Gasteiger partial charge in [0, 0.05) is 18.7 Å². The van der Waals surface area contributed by atoms with E-state index in [0.29, 0.717) is 13.0 Å². The van der Waals surface area contributed by atoms with E-state index in [4.69, 9.17) is 5.11 Å². The summed E-state index contributed by atoms with van der Waals surface area (Å²) in [6.07, 6.45) is 0.513. The molecule has 1 unspecified atom stereocenters. The second-order valence-corrected chi connectivity index (χ2v) is 4.10. The Labute approximate surface area is 105 Å². The molecule has 0 amide bonds. The quantitative estimate of drug-likeness (QED) is 0.617. The average Bonchev–Trinajstić information content (AvgIpc) is 2.29. The SMILES string of the molecule is CCC(C(=O)O)N(C)Cc1ccc([N+](=O)[O-])cc1. The molecule has 6 heteroatoms. The third kappa shape index (κ3) is 3.53. The summed E-state index contributed by atoms with van der Waals surface area (Å²) >= 11 is 0. The van der Waals surface area contributed by atoms with Crippen molar-refractivity contribution < 1.29 is 14.8 Å². The standard InChI is InChI=1S/C12H16N2O4/c1-3-11(12(15)16)13(2)8-9-4-6-10(7-5-9)14(17)18/h4-7,11H,3,8H2,1-2H3,(H,15,16). The van der Waals surface area contributed by atoms with Crippen molar-refractivity contribution in [2.45, 2.75) is 25.9 Å². The Morgan fingerprint density at radius 3 is 2.39 bits per heavy atom. The molecule has 98 valence electrons. The maximum atomic E-state index is 11.0. The van der Waals surface area contributed by atoms with E-state index in [1.807, 2.05) is 6.92 Å². The molecule has 1 N–H and O–H groups in total. The Hall–Kier alpha value is -1.95. The fraction of sp³-hybridized carbons (Fsp3) is 0.417. The summed E-state index contributed by atoms with van der Waals surface area (Å²) in [4.78, 5) is 22.7. The van der Waals surface area contributed by atoms with Crippen molar-refractivity contribution in [3.05, 3.63) is 39.9 Å². The molecule has 1 aromatic rings. The lowest BCUT2D eigenvalue weighted by Gasteiger charge is -2.23. The van der Waals surface area contributed by atoms with Gasteiger partial charge in [0.05, 0.1) is 4.92 Å². The van der Waals surface area contributed by atoms with Gasteiger partial charge in [-0.05, 0) is 19.0 Å². The highest BCUT2D eigenvalue weighted by atomic mass is 16.6. The number of benzene rings is 1. The zero-order chi connectivity index (χ0) is 13.7. The van der Waals surface area contributed by atoms with Gasteiger partial charge in [-0.2, -0.15) is 0 Å². The lowest BCUT2D eigenvalue weighted by Crippen LogP contribution is -2.37. The molecule has 0 fully saturated rings. The first-order valence-electron chi connectivity index (χ1n) is 5.62. The van der Waals surface area contributed by atoms with Crippen LogP contribution in [0, 0.1) is 10.1 Å². The summed E-state index contributed by atoms with van der Waals surface area (Å²) < 4.78 is 0. The first-order chi connectivity index (χ1) is 8.45. The van der Waals surface area contributed by atoms with Gasteiger partial charge in [0.1, 0.15) is 6.04 Å². The smallest absolute Gasteiger partial charge is 0.320 e. The molecule has 1 aromatic carbocycles. The topological polar surface area (TPSA) is 83.7 Å². The molecule has 0 saturated carbocycles. The number of aliphatic carboxylic acids is 1. The van der Waals surface area contributed by atoms with Crippen molar-refractivity contribution in [1.82, 2.24) is 4.90 Å². The van der Waals surface area contributed by atoms with Crippen molar-refractivity contribution in [2.24, 2.45) is 0 Å². The number of rotatable bonds is 6. The fourth-order valence-corrected chi connectivity index (χ4v) is 1.80. The van der Waals surface area contributed by atoms with Crippen LogP contribution in [0.15, 0.2) is 24.3 Å². The number of nitro groups is 1. The minimum absolute atomic E-state index is 0.0340. The van der Waals surface area contributed by atoms with Crippen LogP contribution >= 0.6 is 0 Å². The highest BCUT2D eigenvalue weighted by Crippen LogP contribution is 2.14. The average molecular weight is 252 g/mol. The van der Waals surface area contributed by atoms with E-state index >= 15 is 0 Å². The van der Waals surface area contributed by atoms with E-state index in [9.17, 15) is 14.9 Å². The number of carbonyl (C=O) groups is 1. The van der Waals surface area contributed by atoms with Crippen molar-refractivity contribution in [3.63, 3.8) is 0 Å². The van der Waals surface area contributed by atoms with E-state index in [1.54, 1.807) is 24.1 Å². The Morgan fingerprint density at radius 2 is 2.00 bits per heavy atom. The van der Waals surface area contributed by atoms with Crippen LogP contribution < -0.4 is 0 Å². The van der Waals surface area contributed by atoms with E-state index < -0.39 is 16.9 Å². The normalized spacial score (nSPS) is 12.4. The van der Waals surface area contributed by atoms with Gasteiger partial charge in [-0.3, -0.25) is 19.8 Å². The van der Waals surface area contributed by atoms with Crippen molar-refractivity contribution in [3.8, 4) is 0 Å². The Balaban J connectivity index is 2.72. The minimum atomic E-state index is -0.859. The predicted molar refractivity (Wildman–Crippen MR) is 66.3 cm³/mol. The maximum Gasteiger partial charge on any atom is 0.320 e. The van der Waals surface area contributed by atoms with Gasteiger partial charge in [-0.1, -0.05) is 19.1 Å². The molecule has 6 nitrogen and oxygen atoms in total. The Kier molecular flexibility index (Phi) is 4.79. The largest absolute Gasteiger partial charge is 0.480 e. The van der Waals surface area contributed by atoms with Gasteiger partial charge >= 0.3 is 5.97 Å². The third-order valence-electron chi connectivity index (χ3n) is 2.78. The van der Waals surface area contributed by atoms with Gasteiger partial charge in [-0.25, -0.2) is 0 Å². The molecule has 0 aliphatic heterocycles. The van der Waals surface area contributed by atoms with Crippen LogP contribution in [0.4, 0.5) is 5.69 Å². The predicted octanol–water partition coefficient (Wildman–Crippen LogP) is 1.89. The summed E-state index contributed by atoms with van der Waals surface area (Å²) in [7, 11) is 1.73. The van der Waals surface area contributed by atoms with Gasteiger partial charge in [-0.15, -0.1) is 0 Å². The maximum absolute atomic E-state index is 11.0. The molecule has 1 rings (SSSR count). The Bertz CT molecular complexity index is 430. The van der Waals surface area contributed by atoms with Crippen molar-refractivity contribution in [2.75, 3.05) is 7.05 Å². The highest BCUT2D eigenvalue weighted by molar-refractivity contribution is 5.73. The van der Waals surface area contributed by atoms with Crippen LogP contribution in [0.25, 0.3) is 0 Å². The highest BCUT2D eigenvalue weighted by Gasteiger charge is 2.20. The van der Waals surface area contributed by atoms with Gasteiger partial charge in [0.2, 0.25) is 0 Å². The first kappa shape index (κ1) is 14.1. The summed E-state index contributed by atoms with van der Waals surface area (Å²) in [6.45, 7) is 2.26. The van der Waals surface area contributed by atoms with Crippen LogP contribution in [-0.2, 0) is 11.3 Å². The summed E-state index contributed by atoms with van der Waals surface area (Å²) in [5, 5.41) is 19.5. The van der Waals surface area contributed by atoms with E-state index in [0.717, 1.165) is 5.56 Å². The van der Waals surface area contributed by atoms with E-state index in [1.165, 1.54) is 12.1 Å². The number of non-ortho nitro benzene ring substituents is 1. The lowest BCUT2D eigenvalue weighted by atomic mass is 10.1.